The lowest BCUT2D eigenvalue weighted by Gasteiger charge is -2.43. The number of hydrogen-bond acceptors (Lipinski definition) is 9. The summed E-state index contributed by atoms with van der Waals surface area (Å²) in [4.78, 5) is 29.2. The van der Waals surface area contributed by atoms with Crippen LogP contribution in [-0.4, -0.2) is 97.7 Å². The van der Waals surface area contributed by atoms with Crippen LogP contribution in [0.15, 0.2) is 18.2 Å². The van der Waals surface area contributed by atoms with E-state index < -0.39 is 5.91 Å². The molecule has 10 heteroatoms. The van der Waals surface area contributed by atoms with E-state index in [0.29, 0.717) is 30.0 Å². The van der Waals surface area contributed by atoms with Crippen molar-refractivity contribution >= 4 is 28.9 Å². The van der Waals surface area contributed by atoms with Crippen molar-refractivity contribution in [1.82, 2.24) is 25.1 Å². The number of rotatable bonds is 9. The summed E-state index contributed by atoms with van der Waals surface area (Å²) in [7, 11) is 2.21. The lowest BCUT2D eigenvalue weighted by atomic mass is 10.0. The third kappa shape index (κ3) is 6.03. The van der Waals surface area contributed by atoms with Gasteiger partial charge in [0.1, 0.15) is 5.82 Å². The second-order valence-electron chi connectivity index (χ2n) is 11.0. The fraction of sp³-hybridized carbons (Fsp3) is 0.607. The van der Waals surface area contributed by atoms with Crippen molar-refractivity contribution in [2.75, 3.05) is 81.5 Å². The lowest BCUT2D eigenvalue weighted by Crippen LogP contribution is -2.52. The standard InChI is InChI=1S/C28H43N9O/c1-4-23-27(31-18-20-16-30-17-20)34-28(25(33-23)26(29)38)32-21-5-6-24(19(2)15-21)37-9-7-22(8-10-37)36-13-11-35(3)12-14-36/h5-6,15,20,22,30H,4,7-14,16-18H2,1-3H3,(H2,29,38)(H2,31,32,34). The summed E-state index contributed by atoms with van der Waals surface area (Å²) in [6.07, 6.45) is 3.08. The van der Waals surface area contributed by atoms with E-state index in [1.54, 1.807) is 0 Å². The minimum Gasteiger partial charge on any atom is -0.371 e. The van der Waals surface area contributed by atoms with Crippen molar-refractivity contribution in [3.63, 3.8) is 0 Å². The molecule has 0 saturated carbocycles. The van der Waals surface area contributed by atoms with Gasteiger partial charge in [0.05, 0.1) is 5.69 Å². The first kappa shape index (κ1) is 26.6. The Hall–Kier alpha value is -2.95. The Balaban J connectivity index is 1.26. The van der Waals surface area contributed by atoms with Crippen molar-refractivity contribution in [3.05, 3.63) is 35.2 Å². The highest BCUT2D eigenvalue weighted by Gasteiger charge is 2.27. The van der Waals surface area contributed by atoms with Crippen LogP contribution in [0.1, 0.15) is 41.5 Å². The second kappa shape index (κ2) is 11.8. The topological polar surface area (TPSA) is 115 Å². The number of aromatic nitrogens is 2. The van der Waals surface area contributed by atoms with E-state index in [0.717, 1.165) is 44.1 Å². The Bertz CT molecular complexity index is 1120. The number of piperazine rings is 1. The number of amides is 1. The normalized spacial score (nSPS) is 19.8. The quantitative estimate of drug-likeness (QED) is 0.394. The molecule has 1 amide bonds. The molecule has 1 aromatic carbocycles. The minimum absolute atomic E-state index is 0.172. The molecule has 4 heterocycles. The number of benzene rings is 1. The average Bonchev–Trinajstić information content (AvgIpc) is 2.88. The lowest BCUT2D eigenvalue weighted by molar-refractivity contribution is 0.0982. The van der Waals surface area contributed by atoms with Crippen LogP contribution in [-0.2, 0) is 6.42 Å². The van der Waals surface area contributed by atoms with Crippen LogP contribution in [0.4, 0.5) is 23.0 Å². The number of hydrogen-bond donors (Lipinski definition) is 4. The zero-order valence-corrected chi connectivity index (χ0v) is 23.1. The maximum atomic E-state index is 12.2. The molecule has 3 aliphatic heterocycles. The summed E-state index contributed by atoms with van der Waals surface area (Å²) in [5.74, 6) is 1.10. The summed E-state index contributed by atoms with van der Waals surface area (Å²) in [5, 5.41) is 10.1. The Kier molecular flexibility index (Phi) is 8.30. The van der Waals surface area contributed by atoms with E-state index in [4.69, 9.17) is 10.7 Å². The number of nitrogens with two attached hydrogens (primary N) is 1. The van der Waals surface area contributed by atoms with E-state index in [1.807, 2.05) is 6.92 Å². The van der Waals surface area contributed by atoms with Crippen LogP contribution in [0.2, 0.25) is 0 Å². The number of carbonyl (C=O) groups excluding carboxylic acids is 1. The van der Waals surface area contributed by atoms with Gasteiger partial charge in [-0.1, -0.05) is 6.92 Å². The number of primary amides is 1. The molecule has 0 aliphatic carbocycles. The molecular formula is C28H43N9O. The first-order valence-electron chi connectivity index (χ1n) is 14.1. The van der Waals surface area contributed by atoms with Crippen LogP contribution in [0, 0.1) is 12.8 Å². The van der Waals surface area contributed by atoms with E-state index in [1.165, 1.54) is 50.3 Å². The minimum atomic E-state index is -0.582. The predicted octanol–water partition coefficient (Wildman–Crippen LogP) is 2.04. The summed E-state index contributed by atoms with van der Waals surface area (Å²) >= 11 is 0. The number of likely N-dealkylation sites (N-methyl/N-ethyl adjacent to an activating group) is 1. The molecule has 5 rings (SSSR count). The number of piperidine rings is 1. The van der Waals surface area contributed by atoms with Gasteiger partial charge in [-0.3, -0.25) is 9.69 Å². The summed E-state index contributed by atoms with van der Waals surface area (Å²) in [6.45, 7) is 13.9. The number of nitrogens with one attached hydrogen (secondary N) is 3. The smallest absolute Gasteiger partial charge is 0.271 e. The van der Waals surface area contributed by atoms with Crippen LogP contribution in [0.25, 0.3) is 0 Å². The maximum Gasteiger partial charge on any atom is 0.271 e. The molecule has 0 radical (unpaired) electrons. The number of aryl methyl sites for hydroxylation is 2. The Morgan fingerprint density at radius 3 is 2.42 bits per heavy atom. The van der Waals surface area contributed by atoms with E-state index in [2.05, 4.69) is 67.8 Å². The van der Waals surface area contributed by atoms with Gasteiger partial charge < -0.3 is 31.5 Å². The fourth-order valence-electron chi connectivity index (χ4n) is 5.73. The Morgan fingerprint density at radius 1 is 1.08 bits per heavy atom. The molecule has 206 valence electrons. The maximum absolute atomic E-state index is 12.2. The van der Waals surface area contributed by atoms with Gasteiger partial charge in [0.25, 0.3) is 5.91 Å². The highest BCUT2D eigenvalue weighted by Crippen LogP contribution is 2.30. The molecule has 0 bridgehead atoms. The van der Waals surface area contributed by atoms with Crippen LogP contribution >= 0.6 is 0 Å². The fourth-order valence-corrected chi connectivity index (χ4v) is 5.73. The summed E-state index contributed by atoms with van der Waals surface area (Å²) in [6, 6.07) is 7.05. The zero-order valence-electron chi connectivity index (χ0n) is 23.1. The molecule has 5 N–H and O–H groups in total. The van der Waals surface area contributed by atoms with Crippen molar-refractivity contribution in [1.29, 1.82) is 0 Å². The summed E-state index contributed by atoms with van der Waals surface area (Å²) in [5.41, 5.74) is 9.96. The van der Waals surface area contributed by atoms with Gasteiger partial charge in [0, 0.05) is 82.2 Å². The molecule has 0 unspecified atom stereocenters. The highest BCUT2D eigenvalue weighted by atomic mass is 16.1. The third-order valence-electron chi connectivity index (χ3n) is 8.28. The highest BCUT2D eigenvalue weighted by molar-refractivity contribution is 5.96. The van der Waals surface area contributed by atoms with E-state index in [9.17, 15) is 4.79 Å². The average molecular weight is 522 g/mol. The van der Waals surface area contributed by atoms with Crippen molar-refractivity contribution in [2.45, 2.75) is 39.2 Å². The van der Waals surface area contributed by atoms with Gasteiger partial charge in [-0.25, -0.2) is 9.97 Å². The SMILES string of the molecule is CCc1nc(C(N)=O)c(Nc2ccc(N3CCC(N4CCN(C)CC4)CC3)c(C)c2)nc1NCC1CNC1. The largest absolute Gasteiger partial charge is 0.371 e. The summed E-state index contributed by atoms with van der Waals surface area (Å²) < 4.78 is 0. The third-order valence-corrected chi connectivity index (χ3v) is 8.28. The number of nitrogens with zero attached hydrogens (tertiary/aromatic N) is 5. The molecule has 3 fully saturated rings. The molecule has 0 spiro atoms. The first-order valence-corrected chi connectivity index (χ1v) is 14.1. The molecule has 2 aromatic rings. The van der Waals surface area contributed by atoms with Crippen molar-refractivity contribution in [3.8, 4) is 0 Å². The van der Waals surface area contributed by atoms with Crippen LogP contribution in [0.3, 0.4) is 0 Å². The van der Waals surface area contributed by atoms with E-state index in [-0.39, 0.29) is 5.69 Å². The molecule has 3 aliphatic rings. The number of anilines is 4. The van der Waals surface area contributed by atoms with E-state index >= 15 is 0 Å². The van der Waals surface area contributed by atoms with Gasteiger partial charge in [-0.05, 0) is 57.0 Å². The predicted molar refractivity (Wildman–Crippen MR) is 154 cm³/mol. The second-order valence-corrected chi connectivity index (χ2v) is 11.0. The monoisotopic (exact) mass is 521 g/mol. The van der Waals surface area contributed by atoms with Gasteiger partial charge in [-0.2, -0.15) is 0 Å². The zero-order chi connectivity index (χ0) is 26.6. The molecule has 10 nitrogen and oxygen atoms in total. The van der Waals surface area contributed by atoms with Crippen molar-refractivity contribution in [2.24, 2.45) is 11.7 Å². The van der Waals surface area contributed by atoms with Gasteiger partial charge in [0.2, 0.25) is 0 Å². The molecule has 0 atom stereocenters. The molecular weight excluding hydrogens is 478 g/mol. The van der Waals surface area contributed by atoms with Gasteiger partial charge in [0.15, 0.2) is 11.5 Å². The molecule has 3 saturated heterocycles. The number of carbonyl (C=O) groups is 1. The van der Waals surface area contributed by atoms with Gasteiger partial charge in [-0.15, -0.1) is 0 Å². The molecule has 38 heavy (non-hydrogen) atoms. The molecule has 1 aromatic heterocycles. The van der Waals surface area contributed by atoms with Crippen LogP contribution < -0.4 is 26.6 Å². The van der Waals surface area contributed by atoms with Crippen molar-refractivity contribution < 1.29 is 4.79 Å². The Morgan fingerprint density at radius 2 is 1.82 bits per heavy atom. The Labute approximate surface area is 226 Å². The van der Waals surface area contributed by atoms with Crippen LogP contribution in [0.5, 0.6) is 0 Å². The first-order chi connectivity index (χ1) is 18.4. The van der Waals surface area contributed by atoms with Gasteiger partial charge >= 0.3 is 0 Å².